The molecule has 0 aliphatic rings. The van der Waals surface area contributed by atoms with E-state index in [1.165, 1.54) is 5.56 Å². The van der Waals surface area contributed by atoms with Crippen LogP contribution >= 0.6 is 11.6 Å². The second-order valence-corrected chi connectivity index (χ2v) is 6.53. The minimum atomic E-state index is -0.139. The minimum absolute atomic E-state index is 0.139. The normalized spacial score (nSPS) is 10.4. The number of nitrogens with one attached hydrogen (secondary N) is 2. The summed E-state index contributed by atoms with van der Waals surface area (Å²) in [6.07, 6.45) is 4.02. The van der Waals surface area contributed by atoms with Gasteiger partial charge in [0.1, 0.15) is 0 Å². The van der Waals surface area contributed by atoms with Crippen molar-refractivity contribution in [3.63, 3.8) is 0 Å². The zero-order valence-corrected chi connectivity index (χ0v) is 15.3. The van der Waals surface area contributed by atoms with Gasteiger partial charge in [-0.1, -0.05) is 35.9 Å². The molecule has 26 heavy (non-hydrogen) atoms. The van der Waals surface area contributed by atoms with E-state index in [-0.39, 0.29) is 5.91 Å². The molecule has 3 rings (SSSR count). The first-order valence-electron chi connectivity index (χ1n) is 8.41. The van der Waals surface area contributed by atoms with Crippen LogP contribution in [0.15, 0.2) is 67.0 Å². The molecule has 0 atom stereocenters. The van der Waals surface area contributed by atoms with Gasteiger partial charge in [0.25, 0.3) is 5.91 Å². The van der Waals surface area contributed by atoms with Crippen LogP contribution in [0.25, 0.3) is 0 Å². The predicted molar refractivity (Wildman–Crippen MR) is 106 cm³/mol. The lowest BCUT2D eigenvalue weighted by Crippen LogP contribution is -2.25. The molecule has 0 aliphatic heterocycles. The number of aromatic nitrogens is 1. The summed E-state index contributed by atoms with van der Waals surface area (Å²) in [7, 11) is 0. The molecule has 0 bridgehead atoms. The quantitative estimate of drug-likeness (QED) is 0.662. The van der Waals surface area contributed by atoms with E-state index in [4.69, 9.17) is 11.6 Å². The molecule has 1 amide bonds. The molecule has 5 heteroatoms. The summed E-state index contributed by atoms with van der Waals surface area (Å²) in [5.74, 6) is -0.139. The summed E-state index contributed by atoms with van der Waals surface area (Å²) in [5.41, 5.74) is 4.56. The van der Waals surface area contributed by atoms with E-state index in [9.17, 15) is 4.79 Å². The van der Waals surface area contributed by atoms with E-state index >= 15 is 0 Å². The third-order valence-electron chi connectivity index (χ3n) is 3.92. The van der Waals surface area contributed by atoms with Crippen LogP contribution in [0.2, 0.25) is 5.02 Å². The number of halogens is 1. The van der Waals surface area contributed by atoms with Gasteiger partial charge in [-0.25, -0.2) is 0 Å². The van der Waals surface area contributed by atoms with E-state index in [1.54, 1.807) is 18.5 Å². The lowest BCUT2D eigenvalue weighted by molar-refractivity contribution is 0.0954. The Morgan fingerprint density at radius 1 is 1.04 bits per heavy atom. The zero-order valence-electron chi connectivity index (χ0n) is 14.5. The van der Waals surface area contributed by atoms with Gasteiger partial charge < -0.3 is 10.6 Å². The van der Waals surface area contributed by atoms with Gasteiger partial charge in [-0.15, -0.1) is 0 Å². The third-order valence-corrected chi connectivity index (χ3v) is 4.17. The van der Waals surface area contributed by atoms with Crippen molar-refractivity contribution >= 4 is 28.9 Å². The summed E-state index contributed by atoms with van der Waals surface area (Å²) >= 11 is 5.88. The number of nitrogens with zero attached hydrogens (tertiary/aromatic N) is 1. The van der Waals surface area contributed by atoms with Crippen LogP contribution in [0.3, 0.4) is 0 Å². The number of carbonyl (C=O) groups is 1. The van der Waals surface area contributed by atoms with Gasteiger partial charge >= 0.3 is 0 Å². The monoisotopic (exact) mass is 365 g/mol. The Labute approximate surface area is 158 Å². The Morgan fingerprint density at radius 3 is 2.62 bits per heavy atom. The van der Waals surface area contributed by atoms with Crippen molar-refractivity contribution in [1.29, 1.82) is 0 Å². The topological polar surface area (TPSA) is 54.0 Å². The first kappa shape index (κ1) is 18.0. The Bertz CT molecular complexity index is 894. The summed E-state index contributed by atoms with van der Waals surface area (Å²) in [5, 5.41) is 6.90. The van der Waals surface area contributed by atoms with Gasteiger partial charge in [-0.2, -0.15) is 0 Å². The van der Waals surface area contributed by atoms with E-state index < -0.39 is 0 Å². The average Bonchev–Trinajstić information content (AvgIpc) is 2.63. The van der Waals surface area contributed by atoms with E-state index in [0.717, 1.165) is 23.4 Å². The highest BCUT2D eigenvalue weighted by Crippen LogP contribution is 2.17. The van der Waals surface area contributed by atoms with Crippen LogP contribution < -0.4 is 10.6 Å². The Balaban J connectivity index is 1.58. The van der Waals surface area contributed by atoms with Gasteiger partial charge in [0.05, 0.1) is 17.4 Å². The van der Waals surface area contributed by atoms with Gasteiger partial charge in [0.15, 0.2) is 0 Å². The predicted octanol–water partition coefficient (Wildman–Crippen LogP) is 4.76. The van der Waals surface area contributed by atoms with Gasteiger partial charge in [0.2, 0.25) is 0 Å². The van der Waals surface area contributed by atoms with Crippen molar-refractivity contribution in [3.05, 3.63) is 88.7 Å². The molecule has 0 unspecified atom stereocenters. The van der Waals surface area contributed by atoms with Crippen molar-refractivity contribution in [2.45, 2.75) is 13.3 Å². The molecule has 0 saturated carbocycles. The molecule has 1 aromatic heterocycles. The van der Waals surface area contributed by atoms with Gasteiger partial charge in [-0.3, -0.25) is 9.78 Å². The van der Waals surface area contributed by atoms with Crippen LogP contribution in [0.5, 0.6) is 0 Å². The lowest BCUT2D eigenvalue weighted by Gasteiger charge is -2.09. The van der Waals surface area contributed by atoms with Crippen molar-refractivity contribution in [3.8, 4) is 0 Å². The number of hydrogen-bond acceptors (Lipinski definition) is 3. The standard InChI is InChI=1S/C21H20ClN3O/c1-15-3-2-4-19(11-15)25-20-12-17(13-23-14-20)21(26)24-10-9-16-5-7-18(22)8-6-16/h2-8,11-14,25H,9-10H2,1H3,(H,24,26). The third kappa shape index (κ3) is 5.07. The number of pyridine rings is 1. The maximum Gasteiger partial charge on any atom is 0.252 e. The highest BCUT2D eigenvalue weighted by molar-refractivity contribution is 6.30. The number of benzene rings is 2. The van der Waals surface area contributed by atoms with E-state index in [0.29, 0.717) is 17.1 Å². The summed E-state index contributed by atoms with van der Waals surface area (Å²) in [6, 6.07) is 17.5. The number of anilines is 2. The Morgan fingerprint density at radius 2 is 1.85 bits per heavy atom. The number of amides is 1. The highest BCUT2D eigenvalue weighted by atomic mass is 35.5. The SMILES string of the molecule is Cc1cccc(Nc2cncc(C(=O)NCCc3ccc(Cl)cc3)c2)c1. The van der Waals surface area contributed by atoms with Crippen molar-refractivity contribution in [2.75, 3.05) is 11.9 Å². The molecule has 0 radical (unpaired) electrons. The van der Waals surface area contributed by atoms with Crippen LogP contribution in [-0.4, -0.2) is 17.4 Å². The summed E-state index contributed by atoms with van der Waals surface area (Å²) in [6.45, 7) is 2.59. The molecule has 2 aromatic carbocycles. The largest absolute Gasteiger partial charge is 0.354 e. The molecule has 3 aromatic rings. The number of carbonyl (C=O) groups excluding carboxylic acids is 1. The molecule has 0 spiro atoms. The molecule has 0 saturated heterocycles. The van der Waals surface area contributed by atoms with Crippen molar-refractivity contribution in [2.24, 2.45) is 0 Å². The molecule has 0 fully saturated rings. The second kappa shape index (κ2) is 8.50. The lowest BCUT2D eigenvalue weighted by atomic mass is 10.1. The molecular formula is C21H20ClN3O. The Hall–Kier alpha value is -2.85. The van der Waals surface area contributed by atoms with Crippen molar-refractivity contribution in [1.82, 2.24) is 10.3 Å². The maximum atomic E-state index is 12.3. The average molecular weight is 366 g/mol. The van der Waals surface area contributed by atoms with Crippen molar-refractivity contribution < 1.29 is 4.79 Å². The zero-order chi connectivity index (χ0) is 18.4. The number of rotatable bonds is 6. The fourth-order valence-corrected chi connectivity index (χ4v) is 2.72. The highest BCUT2D eigenvalue weighted by Gasteiger charge is 2.07. The van der Waals surface area contributed by atoms with Crippen LogP contribution in [0, 0.1) is 6.92 Å². The van der Waals surface area contributed by atoms with E-state index in [2.05, 4.69) is 15.6 Å². The van der Waals surface area contributed by atoms with Crippen LogP contribution in [0.1, 0.15) is 21.5 Å². The maximum absolute atomic E-state index is 12.3. The molecule has 2 N–H and O–H groups in total. The van der Waals surface area contributed by atoms with Crippen LogP contribution in [0.4, 0.5) is 11.4 Å². The Kier molecular flexibility index (Phi) is 5.87. The van der Waals surface area contributed by atoms with Gasteiger partial charge in [0, 0.05) is 23.5 Å². The first-order chi connectivity index (χ1) is 12.6. The molecule has 0 aliphatic carbocycles. The summed E-state index contributed by atoms with van der Waals surface area (Å²) in [4.78, 5) is 16.5. The molecular weight excluding hydrogens is 346 g/mol. The fraction of sp³-hybridized carbons (Fsp3) is 0.143. The summed E-state index contributed by atoms with van der Waals surface area (Å²) < 4.78 is 0. The van der Waals surface area contributed by atoms with E-state index in [1.807, 2.05) is 55.5 Å². The molecule has 132 valence electrons. The van der Waals surface area contributed by atoms with Gasteiger partial charge in [-0.05, 0) is 54.8 Å². The first-order valence-corrected chi connectivity index (χ1v) is 8.79. The molecule has 1 heterocycles. The fourth-order valence-electron chi connectivity index (χ4n) is 2.60. The minimum Gasteiger partial charge on any atom is -0.354 e. The molecule has 4 nitrogen and oxygen atoms in total. The second-order valence-electron chi connectivity index (χ2n) is 6.09. The number of hydrogen-bond donors (Lipinski definition) is 2. The van der Waals surface area contributed by atoms with Crippen LogP contribution in [-0.2, 0) is 6.42 Å². The number of aryl methyl sites for hydroxylation is 1. The smallest absolute Gasteiger partial charge is 0.252 e.